The van der Waals surface area contributed by atoms with Crippen molar-refractivity contribution in [2.75, 3.05) is 24.5 Å². The van der Waals surface area contributed by atoms with E-state index in [1.807, 2.05) is 12.1 Å². The van der Waals surface area contributed by atoms with Crippen molar-refractivity contribution in [2.45, 2.75) is 32.2 Å². The summed E-state index contributed by atoms with van der Waals surface area (Å²) in [6.45, 7) is 5.50. The molecule has 1 aromatic rings. The first kappa shape index (κ1) is 14.2. The molecular weight excluding hydrogens is 312 g/mol. The molecule has 1 aliphatic heterocycles. The number of hydrogen-bond donors (Lipinski definition) is 1. The molecule has 1 aliphatic rings. The Morgan fingerprint density at radius 2 is 2.33 bits per heavy atom. The summed E-state index contributed by atoms with van der Waals surface area (Å²) in [6.07, 6.45) is 3.63. The molecule has 1 atom stereocenters. The zero-order valence-electron chi connectivity index (χ0n) is 10.8. The van der Waals surface area contributed by atoms with Crippen LogP contribution in [0.1, 0.15) is 26.2 Å². The lowest BCUT2D eigenvalue weighted by atomic mass is 10.1. The lowest BCUT2D eigenvalue weighted by molar-refractivity contribution is 0.502. The van der Waals surface area contributed by atoms with Gasteiger partial charge in [0.25, 0.3) is 0 Å². The largest absolute Gasteiger partial charge is 0.369 e. The first-order chi connectivity index (χ1) is 8.72. The summed E-state index contributed by atoms with van der Waals surface area (Å²) in [5.74, 6) is 0. The van der Waals surface area contributed by atoms with E-state index in [1.165, 1.54) is 24.9 Å². The van der Waals surface area contributed by atoms with Gasteiger partial charge in [-0.25, -0.2) is 0 Å². The zero-order chi connectivity index (χ0) is 13.0. The van der Waals surface area contributed by atoms with Gasteiger partial charge < -0.3 is 10.2 Å². The van der Waals surface area contributed by atoms with Crippen molar-refractivity contribution in [3.05, 3.63) is 27.7 Å². The molecule has 0 aliphatic carbocycles. The second-order valence-electron chi connectivity index (χ2n) is 4.81. The smallest absolute Gasteiger partial charge is 0.0595 e. The molecule has 0 saturated carbocycles. The van der Waals surface area contributed by atoms with Crippen molar-refractivity contribution < 1.29 is 0 Å². The fourth-order valence-electron chi connectivity index (χ4n) is 2.50. The van der Waals surface area contributed by atoms with Crippen LogP contribution in [0.4, 0.5) is 5.69 Å². The van der Waals surface area contributed by atoms with E-state index in [-0.39, 0.29) is 0 Å². The Balaban J connectivity index is 2.17. The van der Waals surface area contributed by atoms with E-state index in [2.05, 4.69) is 39.1 Å². The van der Waals surface area contributed by atoms with Gasteiger partial charge in [0.15, 0.2) is 0 Å². The molecule has 1 unspecified atom stereocenters. The van der Waals surface area contributed by atoms with Gasteiger partial charge in [0.05, 0.1) is 15.2 Å². The fraction of sp³-hybridized carbons (Fsp3) is 0.571. The van der Waals surface area contributed by atoms with E-state index in [0.717, 1.165) is 29.1 Å². The van der Waals surface area contributed by atoms with Gasteiger partial charge in [0.2, 0.25) is 0 Å². The molecule has 0 spiro atoms. The second-order valence-corrected chi connectivity index (χ2v) is 6.01. The van der Waals surface area contributed by atoms with E-state index in [9.17, 15) is 0 Å². The molecule has 0 radical (unpaired) electrons. The Hall–Kier alpha value is -0.250. The lowest BCUT2D eigenvalue weighted by Crippen LogP contribution is -2.37. The topological polar surface area (TPSA) is 15.3 Å². The molecule has 2 rings (SSSR count). The molecule has 1 saturated heterocycles. The summed E-state index contributed by atoms with van der Waals surface area (Å²) < 4.78 is 1.02. The van der Waals surface area contributed by atoms with Crippen LogP contribution in [0.2, 0.25) is 5.02 Å². The minimum Gasteiger partial charge on any atom is -0.369 e. The number of halogens is 2. The maximum absolute atomic E-state index is 6.18. The summed E-state index contributed by atoms with van der Waals surface area (Å²) in [4.78, 5) is 2.44. The average molecular weight is 332 g/mol. The molecule has 0 aromatic heterocycles. The normalized spacial score (nSPS) is 20.8. The molecular formula is C14H20BrClN2. The van der Waals surface area contributed by atoms with E-state index >= 15 is 0 Å². The van der Waals surface area contributed by atoms with E-state index in [1.54, 1.807) is 0 Å². The molecule has 1 aromatic carbocycles. The van der Waals surface area contributed by atoms with Gasteiger partial charge in [-0.15, -0.1) is 0 Å². The Kier molecular flexibility index (Phi) is 5.34. The van der Waals surface area contributed by atoms with Gasteiger partial charge in [-0.3, -0.25) is 0 Å². The summed E-state index contributed by atoms with van der Waals surface area (Å²) in [5, 5.41) is 4.42. The minimum atomic E-state index is 0.586. The molecule has 0 amide bonds. The summed E-state index contributed by atoms with van der Waals surface area (Å²) >= 11 is 9.79. The third kappa shape index (κ3) is 3.40. The van der Waals surface area contributed by atoms with Crippen molar-refractivity contribution in [1.82, 2.24) is 5.32 Å². The number of anilines is 1. The van der Waals surface area contributed by atoms with Crippen LogP contribution in [0.25, 0.3) is 0 Å². The lowest BCUT2D eigenvalue weighted by Gasteiger charge is -2.27. The quantitative estimate of drug-likeness (QED) is 0.898. The summed E-state index contributed by atoms with van der Waals surface area (Å²) in [6, 6.07) is 6.68. The highest BCUT2D eigenvalue weighted by Crippen LogP contribution is 2.33. The van der Waals surface area contributed by atoms with E-state index in [4.69, 9.17) is 11.6 Å². The van der Waals surface area contributed by atoms with Crippen LogP contribution in [0.15, 0.2) is 22.7 Å². The van der Waals surface area contributed by atoms with E-state index in [0.29, 0.717) is 6.04 Å². The zero-order valence-corrected chi connectivity index (χ0v) is 13.1. The third-order valence-electron chi connectivity index (χ3n) is 3.39. The highest BCUT2D eigenvalue weighted by Gasteiger charge is 2.19. The van der Waals surface area contributed by atoms with Gasteiger partial charge in [-0.2, -0.15) is 0 Å². The second kappa shape index (κ2) is 6.78. The first-order valence-electron chi connectivity index (χ1n) is 6.64. The van der Waals surface area contributed by atoms with Gasteiger partial charge >= 0.3 is 0 Å². The maximum Gasteiger partial charge on any atom is 0.0595 e. The van der Waals surface area contributed by atoms with Crippen LogP contribution >= 0.6 is 27.5 Å². The summed E-state index contributed by atoms with van der Waals surface area (Å²) in [7, 11) is 0. The van der Waals surface area contributed by atoms with Gasteiger partial charge in [0.1, 0.15) is 0 Å². The maximum atomic E-state index is 6.18. The van der Waals surface area contributed by atoms with Gasteiger partial charge in [-0.05, 0) is 47.4 Å². The average Bonchev–Trinajstić information content (AvgIpc) is 2.59. The van der Waals surface area contributed by atoms with Crippen molar-refractivity contribution in [3.8, 4) is 0 Å². The van der Waals surface area contributed by atoms with Crippen LogP contribution in [-0.2, 0) is 0 Å². The Morgan fingerprint density at radius 3 is 3.11 bits per heavy atom. The molecule has 1 N–H and O–H groups in total. The predicted molar refractivity (Wildman–Crippen MR) is 82.7 cm³/mol. The fourth-order valence-corrected chi connectivity index (χ4v) is 3.18. The van der Waals surface area contributed by atoms with Crippen molar-refractivity contribution in [2.24, 2.45) is 0 Å². The number of benzene rings is 1. The number of nitrogens with zero attached hydrogens (tertiary/aromatic N) is 1. The van der Waals surface area contributed by atoms with Crippen molar-refractivity contribution in [1.29, 1.82) is 0 Å². The highest BCUT2D eigenvalue weighted by molar-refractivity contribution is 9.10. The molecule has 1 fully saturated rings. The van der Waals surface area contributed by atoms with Crippen LogP contribution in [-0.4, -0.2) is 25.7 Å². The van der Waals surface area contributed by atoms with Gasteiger partial charge in [0, 0.05) is 19.1 Å². The SMILES string of the molecule is CCCC1CN(c2cccc(Cl)c2Br)CCCN1. The predicted octanol–water partition coefficient (Wildman–Crippen LogP) is 4.07. The Labute approximate surface area is 123 Å². The van der Waals surface area contributed by atoms with Crippen LogP contribution < -0.4 is 10.2 Å². The molecule has 100 valence electrons. The molecule has 1 heterocycles. The number of rotatable bonds is 3. The van der Waals surface area contributed by atoms with Crippen LogP contribution in [0.3, 0.4) is 0 Å². The number of hydrogen-bond acceptors (Lipinski definition) is 2. The molecule has 18 heavy (non-hydrogen) atoms. The monoisotopic (exact) mass is 330 g/mol. The number of nitrogens with one attached hydrogen (secondary N) is 1. The molecule has 2 nitrogen and oxygen atoms in total. The molecule has 4 heteroatoms. The van der Waals surface area contributed by atoms with Crippen LogP contribution in [0.5, 0.6) is 0 Å². The van der Waals surface area contributed by atoms with Crippen LogP contribution in [0, 0.1) is 0 Å². The third-order valence-corrected chi connectivity index (χ3v) is 4.76. The Morgan fingerprint density at radius 1 is 1.50 bits per heavy atom. The summed E-state index contributed by atoms with van der Waals surface area (Å²) in [5.41, 5.74) is 1.22. The molecule has 0 bridgehead atoms. The highest BCUT2D eigenvalue weighted by atomic mass is 79.9. The van der Waals surface area contributed by atoms with Crippen molar-refractivity contribution >= 4 is 33.2 Å². The Bertz CT molecular complexity index is 397. The first-order valence-corrected chi connectivity index (χ1v) is 7.81. The van der Waals surface area contributed by atoms with E-state index < -0.39 is 0 Å². The minimum absolute atomic E-state index is 0.586. The van der Waals surface area contributed by atoms with Gasteiger partial charge in [-0.1, -0.05) is 31.0 Å². The van der Waals surface area contributed by atoms with Crippen molar-refractivity contribution in [3.63, 3.8) is 0 Å². The standard InChI is InChI=1S/C14H20BrClN2/c1-2-5-11-10-18(9-4-8-17-11)13-7-3-6-12(16)14(13)15/h3,6-7,11,17H,2,4-5,8-10H2,1H3.